The molecule has 0 atom stereocenters. The summed E-state index contributed by atoms with van der Waals surface area (Å²) in [6.45, 7) is 4.51. The lowest BCUT2D eigenvalue weighted by Gasteiger charge is -2.14. The van der Waals surface area contributed by atoms with E-state index in [4.69, 9.17) is 5.73 Å². The van der Waals surface area contributed by atoms with E-state index in [1.54, 1.807) is 11.8 Å². The maximum atomic E-state index is 5.72. The molecule has 0 spiro atoms. The number of rotatable bonds is 6. The summed E-state index contributed by atoms with van der Waals surface area (Å²) in [4.78, 5) is 0. The SMILES string of the molecule is CCCn1c(CN)nnc1SCc1nnc2n1CCCC2. The number of aryl methyl sites for hydroxylation is 1. The minimum atomic E-state index is 0.424. The highest BCUT2D eigenvalue weighted by molar-refractivity contribution is 7.98. The molecule has 2 aromatic heterocycles. The van der Waals surface area contributed by atoms with E-state index in [9.17, 15) is 0 Å². The Labute approximate surface area is 128 Å². The van der Waals surface area contributed by atoms with E-state index in [2.05, 4.69) is 36.5 Å². The van der Waals surface area contributed by atoms with Gasteiger partial charge in [0.15, 0.2) is 5.16 Å². The third-order valence-electron chi connectivity index (χ3n) is 3.69. The molecule has 0 saturated carbocycles. The Kier molecular flexibility index (Phi) is 4.54. The van der Waals surface area contributed by atoms with Crippen molar-refractivity contribution in [1.82, 2.24) is 29.5 Å². The maximum Gasteiger partial charge on any atom is 0.191 e. The lowest BCUT2D eigenvalue weighted by atomic mass is 10.2. The molecule has 0 aliphatic carbocycles. The van der Waals surface area contributed by atoms with E-state index in [1.165, 1.54) is 12.8 Å². The Morgan fingerprint density at radius 1 is 1.14 bits per heavy atom. The fraction of sp³-hybridized carbons (Fsp3) is 0.692. The molecule has 7 nitrogen and oxygen atoms in total. The predicted octanol–water partition coefficient (Wildman–Crippen LogP) is 1.37. The summed E-state index contributed by atoms with van der Waals surface area (Å²) in [5.74, 6) is 3.78. The third-order valence-corrected chi connectivity index (χ3v) is 4.65. The molecule has 3 rings (SSSR count). The molecule has 0 fully saturated rings. The second kappa shape index (κ2) is 6.57. The van der Waals surface area contributed by atoms with Gasteiger partial charge in [-0.1, -0.05) is 18.7 Å². The maximum absolute atomic E-state index is 5.72. The normalized spacial score (nSPS) is 14.4. The highest BCUT2D eigenvalue weighted by Crippen LogP contribution is 2.23. The third kappa shape index (κ3) is 2.96. The molecule has 3 heterocycles. The van der Waals surface area contributed by atoms with Crippen LogP contribution in [-0.2, 0) is 31.8 Å². The van der Waals surface area contributed by atoms with Crippen LogP contribution in [0.15, 0.2) is 5.16 Å². The molecule has 2 N–H and O–H groups in total. The standard InChI is InChI=1S/C13H21N7S/c1-2-6-20-11(8-14)16-18-13(20)21-9-12-17-15-10-5-3-4-7-19(10)12/h2-9,14H2,1H3. The smallest absolute Gasteiger partial charge is 0.191 e. The number of thioether (sulfide) groups is 1. The van der Waals surface area contributed by atoms with E-state index < -0.39 is 0 Å². The molecule has 0 saturated heterocycles. The first kappa shape index (κ1) is 14.5. The Morgan fingerprint density at radius 3 is 2.81 bits per heavy atom. The van der Waals surface area contributed by atoms with Crippen molar-refractivity contribution in [2.24, 2.45) is 5.73 Å². The summed E-state index contributed by atoms with van der Waals surface area (Å²) in [7, 11) is 0. The van der Waals surface area contributed by atoms with Crippen LogP contribution in [-0.4, -0.2) is 29.5 Å². The first-order chi connectivity index (χ1) is 10.3. The molecule has 1 aliphatic heterocycles. The predicted molar refractivity (Wildman–Crippen MR) is 80.7 cm³/mol. The highest BCUT2D eigenvalue weighted by atomic mass is 32.2. The topological polar surface area (TPSA) is 87.4 Å². The molecule has 114 valence electrons. The number of hydrogen-bond donors (Lipinski definition) is 1. The van der Waals surface area contributed by atoms with Crippen molar-refractivity contribution in [3.8, 4) is 0 Å². The largest absolute Gasteiger partial charge is 0.324 e. The highest BCUT2D eigenvalue weighted by Gasteiger charge is 2.17. The molecule has 8 heteroatoms. The van der Waals surface area contributed by atoms with Gasteiger partial charge >= 0.3 is 0 Å². The van der Waals surface area contributed by atoms with E-state index in [0.717, 1.165) is 54.3 Å². The van der Waals surface area contributed by atoms with Crippen LogP contribution < -0.4 is 5.73 Å². The zero-order chi connectivity index (χ0) is 14.7. The molecule has 2 aromatic rings. The Bertz CT molecular complexity index is 604. The van der Waals surface area contributed by atoms with Crippen LogP contribution in [0.4, 0.5) is 0 Å². The van der Waals surface area contributed by atoms with Crippen molar-refractivity contribution >= 4 is 11.8 Å². The van der Waals surface area contributed by atoms with Crippen LogP contribution in [0.3, 0.4) is 0 Å². The van der Waals surface area contributed by atoms with Gasteiger partial charge in [-0.15, -0.1) is 20.4 Å². The van der Waals surface area contributed by atoms with Gasteiger partial charge < -0.3 is 14.9 Å². The summed E-state index contributed by atoms with van der Waals surface area (Å²) >= 11 is 1.66. The molecule has 0 aromatic carbocycles. The summed E-state index contributed by atoms with van der Waals surface area (Å²) in [5.41, 5.74) is 5.72. The minimum absolute atomic E-state index is 0.424. The monoisotopic (exact) mass is 307 g/mol. The van der Waals surface area contributed by atoms with Gasteiger partial charge in [0.1, 0.15) is 17.5 Å². The molecule has 0 radical (unpaired) electrons. The second-order valence-corrected chi connectivity index (χ2v) is 6.13. The van der Waals surface area contributed by atoms with Crippen LogP contribution >= 0.6 is 11.8 Å². The molecule has 0 unspecified atom stereocenters. The van der Waals surface area contributed by atoms with Gasteiger partial charge in [-0.25, -0.2) is 0 Å². The van der Waals surface area contributed by atoms with E-state index >= 15 is 0 Å². The van der Waals surface area contributed by atoms with Crippen LogP contribution in [0.2, 0.25) is 0 Å². The average molecular weight is 307 g/mol. The summed E-state index contributed by atoms with van der Waals surface area (Å²) in [6.07, 6.45) is 4.52. The zero-order valence-corrected chi connectivity index (χ0v) is 13.1. The average Bonchev–Trinajstić information content (AvgIpc) is 3.09. The van der Waals surface area contributed by atoms with E-state index in [-0.39, 0.29) is 0 Å². The Hall–Kier alpha value is -1.41. The van der Waals surface area contributed by atoms with Gasteiger partial charge in [-0.05, 0) is 19.3 Å². The van der Waals surface area contributed by atoms with Crippen LogP contribution in [0.25, 0.3) is 0 Å². The molecule has 0 bridgehead atoms. The first-order valence-electron chi connectivity index (χ1n) is 7.49. The molecular formula is C13H21N7S. The van der Waals surface area contributed by atoms with Crippen LogP contribution in [0.5, 0.6) is 0 Å². The van der Waals surface area contributed by atoms with Gasteiger partial charge in [0.25, 0.3) is 0 Å². The Balaban J connectivity index is 1.73. The van der Waals surface area contributed by atoms with E-state index in [0.29, 0.717) is 6.54 Å². The fourth-order valence-corrected chi connectivity index (χ4v) is 3.55. The molecular weight excluding hydrogens is 286 g/mol. The lowest BCUT2D eigenvalue weighted by Crippen LogP contribution is -2.13. The van der Waals surface area contributed by atoms with Crippen molar-refractivity contribution in [3.05, 3.63) is 17.5 Å². The quantitative estimate of drug-likeness (QED) is 0.811. The fourth-order valence-electron chi connectivity index (χ4n) is 2.63. The van der Waals surface area contributed by atoms with Crippen LogP contribution in [0, 0.1) is 0 Å². The van der Waals surface area contributed by atoms with Crippen molar-refractivity contribution in [2.75, 3.05) is 0 Å². The van der Waals surface area contributed by atoms with Crippen molar-refractivity contribution in [3.63, 3.8) is 0 Å². The summed E-state index contributed by atoms with van der Waals surface area (Å²) in [5, 5.41) is 18.0. The number of aromatic nitrogens is 6. The zero-order valence-electron chi connectivity index (χ0n) is 12.3. The number of hydrogen-bond acceptors (Lipinski definition) is 6. The number of nitrogens with two attached hydrogens (primary N) is 1. The first-order valence-corrected chi connectivity index (χ1v) is 8.48. The molecule has 1 aliphatic rings. The minimum Gasteiger partial charge on any atom is -0.324 e. The Morgan fingerprint density at radius 2 is 2.00 bits per heavy atom. The van der Waals surface area contributed by atoms with Crippen molar-refractivity contribution < 1.29 is 0 Å². The van der Waals surface area contributed by atoms with Crippen LogP contribution in [0.1, 0.15) is 43.7 Å². The number of nitrogens with zero attached hydrogens (tertiary/aromatic N) is 6. The van der Waals surface area contributed by atoms with Gasteiger partial charge in [-0.2, -0.15) is 0 Å². The van der Waals surface area contributed by atoms with Gasteiger partial charge in [-0.3, -0.25) is 0 Å². The number of fused-ring (bicyclic) bond motifs is 1. The van der Waals surface area contributed by atoms with Gasteiger partial charge in [0.2, 0.25) is 0 Å². The lowest BCUT2D eigenvalue weighted by molar-refractivity contribution is 0.513. The summed E-state index contributed by atoms with van der Waals surface area (Å²) in [6, 6.07) is 0. The van der Waals surface area contributed by atoms with Crippen molar-refractivity contribution in [2.45, 2.75) is 63.2 Å². The van der Waals surface area contributed by atoms with E-state index in [1.807, 2.05) is 0 Å². The van der Waals surface area contributed by atoms with Gasteiger partial charge in [0, 0.05) is 19.5 Å². The second-order valence-electron chi connectivity index (χ2n) is 5.18. The van der Waals surface area contributed by atoms with Crippen molar-refractivity contribution in [1.29, 1.82) is 0 Å². The summed E-state index contributed by atoms with van der Waals surface area (Å²) < 4.78 is 4.36. The molecule has 0 amide bonds. The van der Waals surface area contributed by atoms with Gasteiger partial charge in [0.05, 0.1) is 12.3 Å². The molecule has 21 heavy (non-hydrogen) atoms.